The molecular weight excluding hydrogens is 227 g/mol. The van der Waals surface area contributed by atoms with E-state index in [1.807, 2.05) is 6.92 Å². The third-order valence-corrected chi connectivity index (χ3v) is 2.90. The highest BCUT2D eigenvalue weighted by atomic mass is 35.5. The highest BCUT2D eigenvalue weighted by molar-refractivity contribution is 6.30. The topological polar surface area (TPSA) is 38.0 Å². The smallest absolute Gasteiger partial charge is 0.128 e. The zero-order chi connectivity index (χ0) is 12.1. The van der Waals surface area contributed by atoms with Gasteiger partial charge in [-0.15, -0.1) is 0 Å². The van der Waals surface area contributed by atoms with E-state index in [4.69, 9.17) is 17.3 Å². The molecule has 0 spiro atoms. The van der Waals surface area contributed by atoms with Crippen LogP contribution in [0.5, 0.6) is 0 Å². The minimum absolute atomic E-state index is 0.186. The van der Waals surface area contributed by atoms with Crippen LogP contribution in [-0.2, 0) is 0 Å². The van der Waals surface area contributed by atoms with Crippen molar-refractivity contribution in [1.29, 1.82) is 0 Å². The maximum absolute atomic E-state index is 13.6. The Hall–Kier alpha value is -0.640. The molecule has 0 amide bonds. The number of hydrogen-bond acceptors (Lipinski definition) is 2. The average Bonchev–Trinajstić information content (AvgIpc) is 2.29. The van der Waals surface area contributed by atoms with E-state index in [0.29, 0.717) is 23.2 Å². The second-order valence-corrected chi connectivity index (χ2v) is 4.37. The van der Waals surface area contributed by atoms with Gasteiger partial charge in [-0.3, -0.25) is 0 Å². The number of halogens is 2. The Morgan fingerprint density at radius 3 is 2.75 bits per heavy atom. The fraction of sp³-hybridized carbons (Fsp3) is 0.500. The van der Waals surface area contributed by atoms with Gasteiger partial charge < -0.3 is 11.1 Å². The molecule has 1 aromatic carbocycles. The molecule has 4 heteroatoms. The first kappa shape index (κ1) is 13.4. The average molecular weight is 245 g/mol. The van der Waals surface area contributed by atoms with Gasteiger partial charge in [-0.25, -0.2) is 4.39 Å². The van der Waals surface area contributed by atoms with E-state index in [0.717, 1.165) is 6.42 Å². The van der Waals surface area contributed by atoms with Crippen LogP contribution in [0.1, 0.15) is 31.9 Å². The molecule has 16 heavy (non-hydrogen) atoms. The molecule has 0 bridgehead atoms. The lowest BCUT2D eigenvalue weighted by Crippen LogP contribution is -2.35. The van der Waals surface area contributed by atoms with Crippen LogP contribution < -0.4 is 11.1 Å². The molecule has 0 heterocycles. The van der Waals surface area contributed by atoms with Crippen molar-refractivity contribution < 1.29 is 4.39 Å². The molecule has 0 fully saturated rings. The Morgan fingerprint density at radius 1 is 1.50 bits per heavy atom. The Morgan fingerprint density at radius 2 is 2.19 bits per heavy atom. The van der Waals surface area contributed by atoms with Crippen LogP contribution in [-0.4, -0.2) is 12.6 Å². The summed E-state index contributed by atoms with van der Waals surface area (Å²) < 4.78 is 13.6. The van der Waals surface area contributed by atoms with Gasteiger partial charge in [0.05, 0.1) is 0 Å². The SMILES string of the molecule is CCC(C)NC(CN)c1cc(Cl)ccc1F. The number of rotatable bonds is 5. The standard InChI is InChI=1S/C12H18ClFN2/c1-3-8(2)16-12(7-15)10-6-9(13)4-5-11(10)14/h4-6,8,12,16H,3,7,15H2,1-2H3. The summed E-state index contributed by atoms with van der Waals surface area (Å²) in [6, 6.07) is 4.65. The van der Waals surface area contributed by atoms with Gasteiger partial charge in [-0.2, -0.15) is 0 Å². The Balaban J connectivity index is 2.89. The summed E-state index contributed by atoms with van der Waals surface area (Å²) in [5.41, 5.74) is 6.19. The predicted molar refractivity (Wildman–Crippen MR) is 66.1 cm³/mol. The first-order valence-corrected chi connectivity index (χ1v) is 5.87. The molecule has 0 aliphatic heterocycles. The lowest BCUT2D eigenvalue weighted by atomic mass is 10.0. The van der Waals surface area contributed by atoms with Crippen molar-refractivity contribution >= 4 is 11.6 Å². The summed E-state index contributed by atoms with van der Waals surface area (Å²) >= 11 is 5.85. The van der Waals surface area contributed by atoms with Crippen LogP contribution in [0.15, 0.2) is 18.2 Å². The zero-order valence-corrected chi connectivity index (χ0v) is 10.4. The number of nitrogens with one attached hydrogen (secondary N) is 1. The zero-order valence-electron chi connectivity index (χ0n) is 9.63. The molecule has 3 N–H and O–H groups in total. The molecule has 2 nitrogen and oxygen atoms in total. The van der Waals surface area contributed by atoms with E-state index in [9.17, 15) is 4.39 Å². The predicted octanol–water partition coefficient (Wildman–Crippen LogP) is 2.87. The summed E-state index contributed by atoms with van der Waals surface area (Å²) in [6.45, 7) is 4.46. The minimum atomic E-state index is -0.268. The van der Waals surface area contributed by atoms with Gasteiger partial charge in [0, 0.05) is 29.2 Å². The van der Waals surface area contributed by atoms with Crippen molar-refractivity contribution in [2.45, 2.75) is 32.4 Å². The van der Waals surface area contributed by atoms with Crippen LogP contribution >= 0.6 is 11.6 Å². The first-order chi connectivity index (χ1) is 7.58. The fourth-order valence-corrected chi connectivity index (χ4v) is 1.71. The van der Waals surface area contributed by atoms with Gasteiger partial charge in [0.1, 0.15) is 5.82 Å². The number of hydrogen-bond donors (Lipinski definition) is 2. The van der Waals surface area contributed by atoms with Crippen LogP contribution in [0.3, 0.4) is 0 Å². The lowest BCUT2D eigenvalue weighted by Gasteiger charge is -2.22. The summed E-state index contributed by atoms with van der Waals surface area (Å²) in [4.78, 5) is 0. The van der Waals surface area contributed by atoms with Crippen LogP contribution in [0.2, 0.25) is 5.02 Å². The molecule has 2 unspecified atom stereocenters. The molecule has 0 aliphatic rings. The maximum Gasteiger partial charge on any atom is 0.128 e. The second kappa shape index (κ2) is 6.18. The van der Waals surface area contributed by atoms with Gasteiger partial charge in [-0.1, -0.05) is 18.5 Å². The van der Waals surface area contributed by atoms with Gasteiger partial charge >= 0.3 is 0 Å². The molecule has 1 aromatic rings. The quantitative estimate of drug-likeness (QED) is 0.836. The lowest BCUT2D eigenvalue weighted by molar-refractivity contribution is 0.437. The van der Waals surface area contributed by atoms with Crippen LogP contribution in [0, 0.1) is 5.82 Å². The van der Waals surface area contributed by atoms with Crippen molar-refractivity contribution in [2.24, 2.45) is 5.73 Å². The van der Waals surface area contributed by atoms with Crippen molar-refractivity contribution in [2.75, 3.05) is 6.54 Å². The van der Waals surface area contributed by atoms with E-state index in [1.54, 1.807) is 6.07 Å². The third-order valence-electron chi connectivity index (χ3n) is 2.67. The second-order valence-electron chi connectivity index (χ2n) is 3.93. The van der Waals surface area contributed by atoms with Crippen molar-refractivity contribution in [3.05, 3.63) is 34.6 Å². The van der Waals surface area contributed by atoms with E-state index in [2.05, 4.69) is 12.2 Å². The Labute approximate surface area is 101 Å². The molecule has 0 saturated heterocycles. The third kappa shape index (κ3) is 3.44. The van der Waals surface area contributed by atoms with Crippen LogP contribution in [0.4, 0.5) is 4.39 Å². The molecule has 0 aromatic heterocycles. The maximum atomic E-state index is 13.6. The highest BCUT2D eigenvalue weighted by Crippen LogP contribution is 2.21. The molecule has 0 radical (unpaired) electrons. The first-order valence-electron chi connectivity index (χ1n) is 5.49. The van der Waals surface area contributed by atoms with Crippen molar-refractivity contribution in [3.8, 4) is 0 Å². The van der Waals surface area contributed by atoms with Crippen molar-refractivity contribution in [1.82, 2.24) is 5.32 Å². The Kier molecular flexibility index (Phi) is 5.19. The number of nitrogens with two attached hydrogens (primary N) is 1. The highest BCUT2D eigenvalue weighted by Gasteiger charge is 2.16. The van der Waals surface area contributed by atoms with E-state index in [-0.39, 0.29) is 11.9 Å². The normalized spacial score (nSPS) is 14.8. The minimum Gasteiger partial charge on any atom is -0.329 e. The molecule has 0 saturated carbocycles. The van der Waals surface area contributed by atoms with Crippen molar-refractivity contribution in [3.63, 3.8) is 0 Å². The van der Waals surface area contributed by atoms with E-state index in [1.165, 1.54) is 12.1 Å². The fourth-order valence-electron chi connectivity index (χ4n) is 1.53. The van der Waals surface area contributed by atoms with Crippen LogP contribution in [0.25, 0.3) is 0 Å². The largest absolute Gasteiger partial charge is 0.329 e. The van der Waals surface area contributed by atoms with E-state index < -0.39 is 0 Å². The van der Waals surface area contributed by atoms with Gasteiger partial charge in [-0.05, 0) is 31.5 Å². The molecule has 1 rings (SSSR count). The molecule has 0 aliphatic carbocycles. The van der Waals surface area contributed by atoms with E-state index >= 15 is 0 Å². The summed E-state index contributed by atoms with van der Waals surface area (Å²) in [7, 11) is 0. The van der Waals surface area contributed by atoms with Gasteiger partial charge in [0.2, 0.25) is 0 Å². The summed E-state index contributed by atoms with van der Waals surface area (Å²) in [5, 5.41) is 3.81. The Bertz CT molecular complexity index is 344. The van der Waals surface area contributed by atoms with Gasteiger partial charge in [0.25, 0.3) is 0 Å². The summed E-state index contributed by atoms with van der Waals surface area (Å²) in [5.74, 6) is -0.268. The van der Waals surface area contributed by atoms with Gasteiger partial charge in [0.15, 0.2) is 0 Å². The molecule has 2 atom stereocenters. The summed E-state index contributed by atoms with van der Waals surface area (Å²) in [6.07, 6.45) is 0.971. The monoisotopic (exact) mass is 244 g/mol. The molecule has 90 valence electrons. The number of benzene rings is 1. The molecular formula is C12H18ClFN2.